The van der Waals surface area contributed by atoms with Gasteiger partial charge in [-0.15, -0.1) is 11.8 Å². The van der Waals surface area contributed by atoms with Crippen LogP contribution >= 0.6 is 23.4 Å². The third kappa shape index (κ3) is 6.24. The number of thioether (sulfide) groups is 1. The summed E-state index contributed by atoms with van der Waals surface area (Å²) < 4.78 is 4.96. The zero-order valence-electron chi connectivity index (χ0n) is 14.6. The molecule has 2 aromatic rings. The van der Waals surface area contributed by atoms with Gasteiger partial charge in [-0.3, -0.25) is 4.79 Å². The standard InChI is InChI=1S/C20H20ClNO3S/c1-14(17-5-3-4-6-18(17)21)22-19(23)13-25-20(24)12-9-15-7-10-16(26-2)11-8-15/h3-12,14H,13H2,1-2H3,(H,22,23)/b12-9+/t14-/m1/s1. The van der Waals surface area contributed by atoms with Crippen LogP contribution in [-0.4, -0.2) is 24.7 Å². The molecule has 136 valence electrons. The molecule has 0 radical (unpaired) electrons. The Morgan fingerprint density at radius 3 is 2.54 bits per heavy atom. The molecule has 0 aliphatic rings. The molecule has 6 heteroatoms. The lowest BCUT2D eigenvalue weighted by Crippen LogP contribution is -2.31. The minimum Gasteiger partial charge on any atom is -0.452 e. The van der Waals surface area contributed by atoms with Crippen LogP contribution in [0, 0.1) is 0 Å². The lowest BCUT2D eigenvalue weighted by Gasteiger charge is -2.15. The molecule has 26 heavy (non-hydrogen) atoms. The van der Waals surface area contributed by atoms with Crippen molar-refractivity contribution in [3.05, 3.63) is 70.8 Å². The number of carbonyl (C=O) groups is 2. The highest BCUT2D eigenvalue weighted by Gasteiger charge is 2.13. The van der Waals surface area contributed by atoms with Crippen LogP contribution in [0.4, 0.5) is 0 Å². The van der Waals surface area contributed by atoms with Gasteiger partial charge in [0.2, 0.25) is 0 Å². The second kappa shape index (κ2) is 10.0. The number of rotatable bonds is 7. The molecule has 0 heterocycles. The van der Waals surface area contributed by atoms with Crippen LogP contribution in [0.25, 0.3) is 6.08 Å². The number of ether oxygens (including phenoxy) is 1. The highest BCUT2D eigenvalue weighted by atomic mass is 35.5. The van der Waals surface area contributed by atoms with E-state index in [4.69, 9.17) is 16.3 Å². The molecule has 0 saturated heterocycles. The van der Waals surface area contributed by atoms with Gasteiger partial charge in [-0.25, -0.2) is 4.79 Å². The molecule has 0 bridgehead atoms. The quantitative estimate of drug-likeness (QED) is 0.430. The zero-order chi connectivity index (χ0) is 18.9. The summed E-state index contributed by atoms with van der Waals surface area (Å²) in [5, 5.41) is 3.33. The SMILES string of the molecule is CSc1ccc(/C=C/C(=O)OCC(=O)N[C@H](C)c2ccccc2Cl)cc1. The van der Waals surface area contributed by atoms with Gasteiger partial charge in [0.25, 0.3) is 5.91 Å². The molecule has 4 nitrogen and oxygen atoms in total. The van der Waals surface area contributed by atoms with E-state index >= 15 is 0 Å². The van der Waals surface area contributed by atoms with E-state index in [1.54, 1.807) is 23.9 Å². The second-order valence-electron chi connectivity index (χ2n) is 5.52. The summed E-state index contributed by atoms with van der Waals surface area (Å²) in [6.07, 6.45) is 4.95. The van der Waals surface area contributed by atoms with Gasteiger partial charge in [-0.05, 0) is 48.6 Å². The van der Waals surface area contributed by atoms with E-state index < -0.39 is 5.97 Å². The number of nitrogens with one attached hydrogen (secondary N) is 1. The third-order valence-electron chi connectivity index (χ3n) is 3.62. The Bertz CT molecular complexity index is 790. The van der Waals surface area contributed by atoms with Gasteiger partial charge < -0.3 is 10.1 Å². The Hall–Kier alpha value is -2.24. The number of hydrogen-bond donors (Lipinski definition) is 1. The van der Waals surface area contributed by atoms with Crippen LogP contribution in [0.1, 0.15) is 24.1 Å². The monoisotopic (exact) mass is 389 g/mol. The summed E-state index contributed by atoms with van der Waals surface area (Å²) in [7, 11) is 0. The van der Waals surface area contributed by atoms with E-state index in [1.165, 1.54) is 6.08 Å². The topological polar surface area (TPSA) is 55.4 Å². The average Bonchev–Trinajstić information content (AvgIpc) is 2.65. The molecular weight excluding hydrogens is 370 g/mol. The number of esters is 1. The zero-order valence-corrected chi connectivity index (χ0v) is 16.1. The maximum atomic E-state index is 11.9. The van der Waals surface area contributed by atoms with Crippen molar-refractivity contribution in [1.82, 2.24) is 5.32 Å². The fourth-order valence-electron chi connectivity index (χ4n) is 2.25. The van der Waals surface area contributed by atoms with Crippen LogP contribution in [0.2, 0.25) is 5.02 Å². The number of amides is 1. The largest absolute Gasteiger partial charge is 0.452 e. The molecule has 0 aromatic heterocycles. The van der Waals surface area contributed by atoms with Crippen LogP contribution in [0.15, 0.2) is 59.5 Å². The first kappa shape index (κ1) is 20.1. The minimum atomic E-state index is -0.570. The summed E-state index contributed by atoms with van der Waals surface area (Å²) in [6, 6.07) is 14.8. The molecule has 1 amide bonds. The predicted octanol–water partition coefficient (Wildman–Crippen LogP) is 4.50. The van der Waals surface area contributed by atoms with Crippen molar-refractivity contribution in [2.24, 2.45) is 0 Å². The van der Waals surface area contributed by atoms with Gasteiger partial charge >= 0.3 is 5.97 Å². The maximum Gasteiger partial charge on any atom is 0.331 e. The van der Waals surface area contributed by atoms with Crippen molar-refractivity contribution in [2.75, 3.05) is 12.9 Å². The molecular formula is C20H20ClNO3S. The van der Waals surface area contributed by atoms with Crippen molar-refractivity contribution >= 4 is 41.3 Å². The van der Waals surface area contributed by atoms with Crippen molar-refractivity contribution in [2.45, 2.75) is 17.9 Å². The minimum absolute atomic E-state index is 0.277. The molecule has 1 N–H and O–H groups in total. The normalized spacial score (nSPS) is 12.0. The van der Waals surface area contributed by atoms with Crippen LogP contribution in [0.3, 0.4) is 0 Å². The Kier molecular flexibility index (Phi) is 7.75. The summed E-state index contributed by atoms with van der Waals surface area (Å²) in [5.41, 5.74) is 1.69. The lowest BCUT2D eigenvalue weighted by molar-refractivity contribution is -0.144. The van der Waals surface area contributed by atoms with Crippen LogP contribution < -0.4 is 5.32 Å². The fraction of sp³-hybridized carbons (Fsp3) is 0.200. The Balaban J connectivity index is 1.80. The first-order chi connectivity index (χ1) is 12.5. The van der Waals surface area contributed by atoms with E-state index in [1.807, 2.05) is 55.6 Å². The molecule has 0 fully saturated rings. The van der Waals surface area contributed by atoms with E-state index in [2.05, 4.69) is 5.32 Å². The lowest BCUT2D eigenvalue weighted by atomic mass is 10.1. The van der Waals surface area contributed by atoms with Gasteiger partial charge in [0.15, 0.2) is 6.61 Å². The first-order valence-corrected chi connectivity index (χ1v) is 9.62. The van der Waals surface area contributed by atoms with Crippen LogP contribution in [-0.2, 0) is 14.3 Å². The van der Waals surface area contributed by atoms with Crippen molar-refractivity contribution < 1.29 is 14.3 Å². The van der Waals surface area contributed by atoms with Crippen molar-refractivity contribution in [3.8, 4) is 0 Å². The van der Waals surface area contributed by atoms with Gasteiger partial charge in [0.1, 0.15) is 0 Å². The summed E-state index contributed by atoms with van der Waals surface area (Å²) >= 11 is 7.75. The molecule has 0 aliphatic carbocycles. The molecule has 1 atom stereocenters. The Morgan fingerprint density at radius 2 is 1.88 bits per heavy atom. The van der Waals surface area contributed by atoms with E-state index in [0.29, 0.717) is 5.02 Å². The number of carbonyl (C=O) groups excluding carboxylic acids is 2. The summed E-state index contributed by atoms with van der Waals surface area (Å²) in [4.78, 5) is 24.8. The molecule has 2 rings (SSSR count). The first-order valence-electron chi connectivity index (χ1n) is 8.02. The summed E-state index contributed by atoms with van der Waals surface area (Å²) in [5.74, 6) is -0.956. The van der Waals surface area contributed by atoms with Gasteiger partial charge in [0, 0.05) is 16.0 Å². The smallest absolute Gasteiger partial charge is 0.331 e. The van der Waals surface area contributed by atoms with Gasteiger partial charge in [-0.2, -0.15) is 0 Å². The predicted molar refractivity (Wildman–Crippen MR) is 106 cm³/mol. The van der Waals surface area contributed by atoms with Gasteiger partial charge in [-0.1, -0.05) is 41.9 Å². The second-order valence-corrected chi connectivity index (χ2v) is 6.81. The molecule has 0 saturated carbocycles. The number of benzene rings is 2. The van der Waals surface area contributed by atoms with Crippen LogP contribution in [0.5, 0.6) is 0 Å². The highest BCUT2D eigenvalue weighted by molar-refractivity contribution is 7.98. The molecule has 0 aliphatic heterocycles. The van der Waals surface area contributed by atoms with E-state index in [-0.39, 0.29) is 18.6 Å². The van der Waals surface area contributed by atoms with Crippen molar-refractivity contribution in [1.29, 1.82) is 0 Å². The molecule has 0 spiro atoms. The number of halogens is 1. The van der Waals surface area contributed by atoms with Crippen molar-refractivity contribution in [3.63, 3.8) is 0 Å². The van der Waals surface area contributed by atoms with Gasteiger partial charge in [0.05, 0.1) is 6.04 Å². The maximum absolute atomic E-state index is 11.9. The summed E-state index contributed by atoms with van der Waals surface area (Å²) in [6.45, 7) is 1.47. The Morgan fingerprint density at radius 1 is 1.19 bits per heavy atom. The third-order valence-corrected chi connectivity index (χ3v) is 4.71. The van der Waals surface area contributed by atoms with E-state index in [0.717, 1.165) is 16.0 Å². The molecule has 0 unspecified atom stereocenters. The van der Waals surface area contributed by atoms with E-state index in [9.17, 15) is 9.59 Å². The number of hydrogen-bond acceptors (Lipinski definition) is 4. The average molecular weight is 390 g/mol. The Labute approximate surface area is 162 Å². The fourth-order valence-corrected chi connectivity index (χ4v) is 2.96. The molecule has 2 aromatic carbocycles. The highest BCUT2D eigenvalue weighted by Crippen LogP contribution is 2.22.